The van der Waals surface area contributed by atoms with E-state index in [0.29, 0.717) is 12.8 Å². The lowest BCUT2D eigenvalue weighted by atomic mass is 9.80. The Labute approximate surface area is 191 Å². The van der Waals surface area contributed by atoms with E-state index in [-0.39, 0.29) is 6.42 Å². The van der Waals surface area contributed by atoms with Crippen LogP contribution in [0.2, 0.25) is 0 Å². The Morgan fingerprint density at radius 1 is 0.656 bits per heavy atom. The summed E-state index contributed by atoms with van der Waals surface area (Å²) in [5, 5.41) is 37.3. The van der Waals surface area contributed by atoms with E-state index < -0.39 is 41.6 Å². The number of ketones is 1. The molecule has 0 aromatic heterocycles. The van der Waals surface area contributed by atoms with E-state index in [2.05, 4.69) is 6.92 Å². The maximum atomic E-state index is 12.3. The Hall–Kier alpha value is -1.96. The molecule has 0 radical (unpaired) electrons. The van der Waals surface area contributed by atoms with Gasteiger partial charge in [0, 0.05) is 6.42 Å². The molecule has 8 nitrogen and oxygen atoms in total. The second-order valence-electron chi connectivity index (χ2n) is 8.74. The molecule has 0 spiro atoms. The number of aliphatic hydroxyl groups is 1. The average Bonchev–Trinajstić information content (AvgIpc) is 2.70. The van der Waals surface area contributed by atoms with E-state index in [1.807, 2.05) is 0 Å². The number of unbranched alkanes of at least 4 members (excludes halogenated alkanes) is 14. The smallest absolute Gasteiger partial charge is 0.337 e. The quantitative estimate of drug-likeness (QED) is 0.133. The van der Waals surface area contributed by atoms with Crippen LogP contribution in [0.25, 0.3) is 0 Å². The lowest BCUT2D eigenvalue weighted by molar-refractivity contribution is -0.181. The van der Waals surface area contributed by atoms with Crippen molar-refractivity contribution in [2.75, 3.05) is 0 Å². The molecule has 0 aromatic carbocycles. The summed E-state index contributed by atoms with van der Waals surface area (Å²) >= 11 is 0. The van der Waals surface area contributed by atoms with E-state index in [9.17, 15) is 29.4 Å². The molecule has 0 rings (SSSR count). The Bertz CT molecular complexity index is 574. The highest BCUT2D eigenvalue weighted by Gasteiger charge is 2.53. The average molecular weight is 459 g/mol. The molecule has 2 unspecified atom stereocenters. The first kappa shape index (κ1) is 30.0. The highest BCUT2D eigenvalue weighted by atomic mass is 16.4. The fourth-order valence-corrected chi connectivity index (χ4v) is 3.95. The summed E-state index contributed by atoms with van der Waals surface area (Å²) in [5.74, 6) is -8.82. The number of hydrogen-bond acceptors (Lipinski definition) is 5. The number of carboxylic acids is 3. The second-order valence-corrected chi connectivity index (χ2v) is 8.74. The zero-order chi connectivity index (χ0) is 24.4. The maximum Gasteiger partial charge on any atom is 0.337 e. The van der Waals surface area contributed by atoms with Gasteiger partial charge in [0.25, 0.3) is 0 Å². The molecule has 32 heavy (non-hydrogen) atoms. The van der Waals surface area contributed by atoms with Gasteiger partial charge >= 0.3 is 17.9 Å². The highest BCUT2D eigenvalue weighted by molar-refractivity contribution is 6.05. The molecular weight excluding hydrogens is 416 g/mol. The number of carboxylic acid groups (broad SMARTS) is 3. The molecule has 0 bridgehead atoms. The van der Waals surface area contributed by atoms with E-state index in [0.717, 1.165) is 19.3 Å². The molecule has 0 aliphatic heterocycles. The van der Waals surface area contributed by atoms with Gasteiger partial charge in [-0.25, -0.2) is 4.79 Å². The third kappa shape index (κ3) is 12.8. The van der Waals surface area contributed by atoms with Gasteiger partial charge in [-0.3, -0.25) is 14.4 Å². The van der Waals surface area contributed by atoms with Crippen LogP contribution in [0.3, 0.4) is 0 Å². The number of Topliss-reactive ketones (excluding diaryl/α,β-unsaturated/α-hetero) is 1. The summed E-state index contributed by atoms with van der Waals surface area (Å²) in [6, 6.07) is 0. The molecule has 8 heteroatoms. The highest BCUT2D eigenvalue weighted by Crippen LogP contribution is 2.26. The molecular formula is C24H42O8. The SMILES string of the molecule is CCCCCCCCCCCCCCCCCC(=O)C(C(=O)O)C(O)(CC(=O)O)C(=O)O. The van der Waals surface area contributed by atoms with E-state index in [1.54, 1.807) is 0 Å². The van der Waals surface area contributed by atoms with Crippen molar-refractivity contribution in [1.82, 2.24) is 0 Å². The summed E-state index contributed by atoms with van der Waals surface area (Å²) in [5.41, 5.74) is -3.16. The number of carbonyl (C=O) groups is 4. The molecule has 0 fully saturated rings. The van der Waals surface area contributed by atoms with Crippen LogP contribution in [-0.4, -0.2) is 49.7 Å². The van der Waals surface area contributed by atoms with Crippen LogP contribution >= 0.6 is 0 Å². The van der Waals surface area contributed by atoms with Crippen molar-refractivity contribution in [2.45, 2.75) is 122 Å². The van der Waals surface area contributed by atoms with Gasteiger partial charge in [-0.2, -0.15) is 0 Å². The molecule has 0 aliphatic rings. The first-order chi connectivity index (χ1) is 15.2. The van der Waals surface area contributed by atoms with Gasteiger partial charge in [0.2, 0.25) is 0 Å². The van der Waals surface area contributed by atoms with Crippen molar-refractivity contribution in [3.63, 3.8) is 0 Å². The van der Waals surface area contributed by atoms with E-state index in [4.69, 9.17) is 10.2 Å². The number of hydrogen-bond donors (Lipinski definition) is 4. The predicted molar refractivity (Wildman–Crippen MR) is 121 cm³/mol. The minimum Gasteiger partial charge on any atom is -0.481 e. The van der Waals surface area contributed by atoms with Crippen molar-refractivity contribution in [1.29, 1.82) is 0 Å². The van der Waals surface area contributed by atoms with Gasteiger partial charge in [0.05, 0.1) is 6.42 Å². The normalized spacial score (nSPS) is 13.9. The summed E-state index contributed by atoms with van der Waals surface area (Å²) in [4.78, 5) is 45.8. The van der Waals surface area contributed by atoms with Crippen molar-refractivity contribution in [2.24, 2.45) is 5.92 Å². The molecule has 0 saturated carbocycles. The lowest BCUT2D eigenvalue weighted by Crippen LogP contribution is -2.53. The van der Waals surface area contributed by atoms with Gasteiger partial charge < -0.3 is 20.4 Å². The Balaban J connectivity index is 4.00. The third-order valence-corrected chi connectivity index (χ3v) is 5.86. The van der Waals surface area contributed by atoms with Gasteiger partial charge in [-0.15, -0.1) is 0 Å². The van der Waals surface area contributed by atoms with Crippen molar-refractivity contribution in [3.05, 3.63) is 0 Å². The number of carbonyl (C=O) groups excluding carboxylic acids is 1. The van der Waals surface area contributed by atoms with Gasteiger partial charge in [0.15, 0.2) is 17.3 Å². The third-order valence-electron chi connectivity index (χ3n) is 5.86. The van der Waals surface area contributed by atoms with Crippen LogP contribution in [0, 0.1) is 5.92 Å². The predicted octanol–water partition coefficient (Wildman–Crippen LogP) is 4.81. The zero-order valence-electron chi connectivity index (χ0n) is 19.5. The summed E-state index contributed by atoms with van der Waals surface area (Å²) in [7, 11) is 0. The van der Waals surface area contributed by atoms with Crippen LogP contribution in [0.4, 0.5) is 0 Å². The Morgan fingerprint density at radius 2 is 1.03 bits per heavy atom. The van der Waals surface area contributed by atoms with E-state index >= 15 is 0 Å². The topological polar surface area (TPSA) is 149 Å². The zero-order valence-corrected chi connectivity index (χ0v) is 19.5. The van der Waals surface area contributed by atoms with Crippen LogP contribution in [0.15, 0.2) is 0 Å². The van der Waals surface area contributed by atoms with Crippen molar-refractivity contribution >= 4 is 23.7 Å². The second kappa shape index (κ2) is 17.6. The minimum atomic E-state index is -3.16. The summed E-state index contributed by atoms with van der Waals surface area (Å²) < 4.78 is 0. The van der Waals surface area contributed by atoms with Crippen LogP contribution in [0.5, 0.6) is 0 Å². The Morgan fingerprint density at radius 3 is 1.34 bits per heavy atom. The molecule has 0 saturated heterocycles. The lowest BCUT2D eigenvalue weighted by Gasteiger charge is -2.27. The molecule has 0 heterocycles. The molecule has 0 amide bonds. The van der Waals surface area contributed by atoms with Crippen LogP contribution in [-0.2, 0) is 19.2 Å². The number of rotatable bonds is 22. The van der Waals surface area contributed by atoms with Crippen LogP contribution < -0.4 is 0 Å². The first-order valence-electron chi connectivity index (χ1n) is 12.1. The Kier molecular flexibility index (Phi) is 16.5. The maximum absolute atomic E-state index is 12.3. The van der Waals surface area contributed by atoms with Crippen molar-refractivity contribution in [3.8, 4) is 0 Å². The van der Waals surface area contributed by atoms with Gasteiger partial charge in [-0.05, 0) is 6.42 Å². The van der Waals surface area contributed by atoms with Gasteiger partial charge in [-0.1, -0.05) is 96.8 Å². The fourth-order valence-electron chi connectivity index (χ4n) is 3.95. The molecule has 0 aliphatic carbocycles. The monoisotopic (exact) mass is 458 g/mol. The molecule has 4 N–H and O–H groups in total. The molecule has 0 aromatic rings. The van der Waals surface area contributed by atoms with Gasteiger partial charge in [0.1, 0.15) is 0 Å². The standard InChI is InChI=1S/C24H42O8/c1-2-3-4-5-6-7-8-9-10-11-12-13-14-15-16-17-19(25)21(22(28)29)24(32,23(30)31)18-20(26)27/h21,32H,2-18H2,1H3,(H,26,27)(H,28,29)(H,30,31). The minimum absolute atomic E-state index is 0.204. The number of aliphatic carboxylic acids is 3. The largest absolute Gasteiger partial charge is 0.481 e. The van der Waals surface area contributed by atoms with Crippen molar-refractivity contribution < 1.29 is 39.6 Å². The molecule has 186 valence electrons. The van der Waals surface area contributed by atoms with Crippen LogP contribution in [0.1, 0.15) is 116 Å². The first-order valence-corrected chi connectivity index (χ1v) is 12.1. The molecule has 2 atom stereocenters. The summed E-state index contributed by atoms with van der Waals surface area (Å²) in [6.45, 7) is 2.22. The van der Waals surface area contributed by atoms with E-state index in [1.165, 1.54) is 64.2 Å². The summed E-state index contributed by atoms with van der Waals surface area (Å²) in [6.07, 6.45) is 15.5. The fraction of sp³-hybridized carbons (Fsp3) is 0.833.